The van der Waals surface area contributed by atoms with Crippen LogP contribution in [0.3, 0.4) is 0 Å². The minimum atomic E-state index is -0.606. The van der Waals surface area contributed by atoms with E-state index in [1.165, 1.54) is 7.11 Å². The first-order valence-corrected chi connectivity index (χ1v) is 6.25. The number of hydrogen-bond acceptors (Lipinski definition) is 4. The topological polar surface area (TPSA) is 55.8 Å². The first-order chi connectivity index (χ1) is 8.50. The van der Waals surface area contributed by atoms with E-state index < -0.39 is 17.4 Å². The van der Waals surface area contributed by atoms with Gasteiger partial charge in [-0.1, -0.05) is 12.2 Å². The van der Waals surface area contributed by atoms with E-state index in [4.69, 9.17) is 9.47 Å². The third kappa shape index (κ3) is 1.25. The molecule has 0 saturated carbocycles. The average molecular weight is 251 g/mol. The van der Waals surface area contributed by atoms with Crippen molar-refractivity contribution in [2.75, 3.05) is 13.7 Å². The third-order valence-electron chi connectivity index (χ3n) is 4.23. The maximum absolute atomic E-state index is 12.4. The summed E-state index contributed by atoms with van der Waals surface area (Å²) in [6.07, 6.45) is 3.53. The molecule has 5 heteroatoms. The number of rotatable bonds is 2. The zero-order valence-electron chi connectivity index (χ0n) is 10.8. The SMILES string of the molecule is COC(=O)[C@@H]1[C@@H]2C=C[C@]3(CN(C(C)C)C(=O)[C@H]13)O2. The quantitative estimate of drug-likeness (QED) is 0.525. The fourth-order valence-corrected chi connectivity index (χ4v) is 3.37. The molecule has 0 aromatic heterocycles. The lowest BCUT2D eigenvalue weighted by molar-refractivity contribution is -0.151. The number of likely N-dealkylation sites (tertiary alicyclic amines) is 1. The molecule has 1 amide bonds. The van der Waals surface area contributed by atoms with Gasteiger partial charge in [0.2, 0.25) is 5.91 Å². The molecule has 2 fully saturated rings. The number of esters is 1. The van der Waals surface area contributed by atoms with Gasteiger partial charge in [0.25, 0.3) is 0 Å². The maximum atomic E-state index is 12.4. The van der Waals surface area contributed by atoms with Gasteiger partial charge in [-0.25, -0.2) is 0 Å². The van der Waals surface area contributed by atoms with E-state index in [1.54, 1.807) is 4.90 Å². The fourth-order valence-electron chi connectivity index (χ4n) is 3.37. The van der Waals surface area contributed by atoms with E-state index in [0.29, 0.717) is 6.54 Å². The number of methoxy groups -OCH3 is 1. The van der Waals surface area contributed by atoms with E-state index >= 15 is 0 Å². The largest absolute Gasteiger partial charge is 0.469 e. The number of ether oxygens (including phenoxy) is 2. The van der Waals surface area contributed by atoms with E-state index in [-0.39, 0.29) is 24.0 Å². The molecule has 5 nitrogen and oxygen atoms in total. The Balaban J connectivity index is 1.98. The smallest absolute Gasteiger partial charge is 0.312 e. The van der Waals surface area contributed by atoms with Gasteiger partial charge in [-0.15, -0.1) is 0 Å². The first-order valence-electron chi connectivity index (χ1n) is 6.25. The molecule has 3 aliphatic rings. The molecule has 3 heterocycles. The van der Waals surface area contributed by atoms with Gasteiger partial charge in [-0.05, 0) is 13.8 Å². The molecule has 0 N–H and O–H groups in total. The Morgan fingerprint density at radius 1 is 1.61 bits per heavy atom. The zero-order chi connectivity index (χ0) is 13.1. The lowest BCUT2D eigenvalue weighted by Gasteiger charge is -2.24. The van der Waals surface area contributed by atoms with E-state index in [9.17, 15) is 9.59 Å². The van der Waals surface area contributed by atoms with Crippen molar-refractivity contribution in [3.05, 3.63) is 12.2 Å². The Bertz CT molecular complexity index is 444. The summed E-state index contributed by atoms with van der Waals surface area (Å²) < 4.78 is 10.7. The lowest BCUT2D eigenvalue weighted by atomic mass is 9.77. The molecule has 3 rings (SSSR count). The minimum absolute atomic E-state index is 0.00671. The van der Waals surface area contributed by atoms with Gasteiger partial charge in [-0.2, -0.15) is 0 Å². The first kappa shape index (κ1) is 11.7. The molecular weight excluding hydrogens is 234 g/mol. The second-order valence-corrected chi connectivity index (χ2v) is 5.48. The second kappa shape index (κ2) is 3.57. The second-order valence-electron chi connectivity index (χ2n) is 5.48. The van der Waals surface area contributed by atoms with Crippen LogP contribution in [-0.4, -0.2) is 48.2 Å². The lowest BCUT2D eigenvalue weighted by Crippen LogP contribution is -2.40. The van der Waals surface area contributed by atoms with Gasteiger partial charge in [-0.3, -0.25) is 9.59 Å². The van der Waals surface area contributed by atoms with Crippen LogP contribution >= 0.6 is 0 Å². The molecule has 1 spiro atoms. The molecule has 4 atom stereocenters. The summed E-state index contributed by atoms with van der Waals surface area (Å²) in [7, 11) is 1.35. The number of nitrogens with zero attached hydrogens (tertiary/aromatic N) is 1. The van der Waals surface area contributed by atoms with Crippen LogP contribution < -0.4 is 0 Å². The van der Waals surface area contributed by atoms with Crippen molar-refractivity contribution in [1.82, 2.24) is 4.90 Å². The molecule has 0 radical (unpaired) electrons. The number of carbonyl (C=O) groups excluding carboxylic acids is 2. The van der Waals surface area contributed by atoms with Crippen molar-refractivity contribution in [1.29, 1.82) is 0 Å². The monoisotopic (exact) mass is 251 g/mol. The molecular formula is C13H17NO4. The summed E-state index contributed by atoms with van der Waals surface area (Å²) in [5.41, 5.74) is -0.606. The van der Waals surface area contributed by atoms with Crippen molar-refractivity contribution < 1.29 is 19.1 Å². The summed E-state index contributed by atoms with van der Waals surface area (Å²) in [4.78, 5) is 26.1. The maximum Gasteiger partial charge on any atom is 0.312 e. The normalized spacial score (nSPS) is 40.8. The van der Waals surface area contributed by atoms with Gasteiger partial charge in [0.1, 0.15) is 11.5 Å². The van der Waals surface area contributed by atoms with Crippen LogP contribution in [0, 0.1) is 11.8 Å². The van der Waals surface area contributed by atoms with Crippen molar-refractivity contribution in [2.45, 2.75) is 31.6 Å². The number of amides is 1. The molecule has 98 valence electrons. The van der Waals surface area contributed by atoms with Gasteiger partial charge in [0, 0.05) is 6.04 Å². The number of fused-ring (bicyclic) bond motifs is 1. The number of carbonyl (C=O) groups is 2. The molecule has 2 bridgehead atoms. The predicted molar refractivity (Wildman–Crippen MR) is 62.6 cm³/mol. The zero-order valence-corrected chi connectivity index (χ0v) is 10.8. The summed E-state index contributed by atoms with van der Waals surface area (Å²) in [5.74, 6) is -1.25. The van der Waals surface area contributed by atoms with Gasteiger partial charge >= 0.3 is 5.97 Å². The molecule has 0 aliphatic carbocycles. The molecule has 0 unspecified atom stereocenters. The highest BCUT2D eigenvalue weighted by Crippen LogP contribution is 2.52. The highest BCUT2D eigenvalue weighted by Gasteiger charge is 2.67. The van der Waals surface area contributed by atoms with Crippen LogP contribution in [0.4, 0.5) is 0 Å². The standard InChI is InChI=1S/C13H17NO4/c1-7(2)14-6-13-5-4-8(18-13)9(12(16)17-3)10(13)11(14)15/h4-5,7-10H,6H2,1-3H3/t8-,9+,10-,13+/m0/s1. The summed E-state index contributed by atoms with van der Waals surface area (Å²) in [6.45, 7) is 4.48. The van der Waals surface area contributed by atoms with Gasteiger partial charge in [0.15, 0.2) is 0 Å². The third-order valence-corrected chi connectivity index (χ3v) is 4.23. The van der Waals surface area contributed by atoms with Crippen LogP contribution in [0.25, 0.3) is 0 Å². The van der Waals surface area contributed by atoms with Gasteiger partial charge in [0.05, 0.1) is 25.7 Å². The van der Waals surface area contributed by atoms with E-state index in [0.717, 1.165) is 0 Å². The Kier molecular flexibility index (Phi) is 2.32. The van der Waals surface area contributed by atoms with Crippen LogP contribution in [0.5, 0.6) is 0 Å². The summed E-state index contributed by atoms with van der Waals surface area (Å²) in [6, 6.07) is 0.117. The Morgan fingerprint density at radius 3 is 2.94 bits per heavy atom. The molecule has 18 heavy (non-hydrogen) atoms. The fraction of sp³-hybridized carbons (Fsp3) is 0.692. The number of hydrogen-bond donors (Lipinski definition) is 0. The minimum Gasteiger partial charge on any atom is -0.469 e. The van der Waals surface area contributed by atoms with Crippen molar-refractivity contribution >= 4 is 11.9 Å². The van der Waals surface area contributed by atoms with Crippen LogP contribution in [-0.2, 0) is 19.1 Å². The highest BCUT2D eigenvalue weighted by atomic mass is 16.5. The van der Waals surface area contributed by atoms with E-state index in [1.807, 2.05) is 26.0 Å². The predicted octanol–water partition coefficient (Wildman–Crippen LogP) is 0.350. The summed E-state index contributed by atoms with van der Waals surface area (Å²) in [5, 5.41) is 0. The van der Waals surface area contributed by atoms with Crippen molar-refractivity contribution in [3.8, 4) is 0 Å². The Morgan fingerprint density at radius 2 is 2.33 bits per heavy atom. The van der Waals surface area contributed by atoms with Crippen LogP contribution in [0.15, 0.2) is 12.2 Å². The Labute approximate surface area is 106 Å². The molecule has 3 aliphatic heterocycles. The highest BCUT2D eigenvalue weighted by molar-refractivity contribution is 5.91. The molecule has 0 aromatic carbocycles. The van der Waals surface area contributed by atoms with Gasteiger partial charge < -0.3 is 14.4 Å². The van der Waals surface area contributed by atoms with Crippen molar-refractivity contribution in [2.24, 2.45) is 11.8 Å². The van der Waals surface area contributed by atoms with Crippen molar-refractivity contribution in [3.63, 3.8) is 0 Å². The van der Waals surface area contributed by atoms with Crippen LogP contribution in [0.1, 0.15) is 13.8 Å². The Hall–Kier alpha value is -1.36. The van der Waals surface area contributed by atoms with E-state index in [2.05, 4.69) is 0 Å². The van der Waals surface area contributed by atoms with Crippen LogP contribution in [0.2, 0.25) is 0 Å². The summed E-state index contributed by atoms with van der Waals surface area (Å²) >= 11 is 0. The molecule has 2 saturated heterocycles. The average Bonchev–Trinajstić information content (AvgIpc) is 2.96. The molecule has 0 aromatic rings.